The second-order valence-corrected chi connectivity index (χ2v) is 6.04. The number of carboxylic acids is 1. The molecule has 20 heavy (non-hydrogen) atoms. The van der Waals surface area contributed by atoms with E-state index in [9.17, 15) is 14.0 Å². The van der Waals surface area contributed by atoms with E-state index >= 15 is 0 Å². The van der Waals surface area contributed by atoms with Crippen LogP contribution in [0.25, 0.3) is 0 Å². The van der Waals surface area contributed by atoms with Gasteiger partial charge in [-0.25, -0.2) is 9.59 Å². The molecule has 1 aliphatic heterocycles. The number of aliphatic carboxylic acids is 1. The van der Waals surface area contributed by atoms with Gasteiger partial charge in [-0.05, 0) is 27.4 Å². The van der Waals surface area contributed by atoms with Gasteiger partial charge in [-0.3, -0.25) is 4.48 Å². The highest BCUT2D eigenvalue weighted by Crippen LogP contribution is 2.27. The molecule has 0 radical (unpaired) electrons. The van der Waals surface area contributed by atoms with E-state index in [2.05, 4.69) is 11.9 Å². The lowest BCUT2D eigenvalue weighted by atomic mass is 10.1. The van der Waals surface area contributed by atoms with Crippen LogP contribution in [-0.4, -0.2) is 52.9 Å². The minimum atomic E-state index is -1.22. The highest BCUT2D eigenvalue weighted by molar-refractivity contribution is 5.80. The highest BCUT2D eigenvalue weighted by atomic mass is 19.1. The molecule has 2 N–H and O–H groups in total. The van der Waals surface area contributed by atoms with Crippen LogP contribution in [0.3, 0.4) is 0 Å². The Morgan fingerprint density at radius 2 is 2.00 bits per heavy atom. The summed E-state index contributed by atoms with van der Waals surface area (Å²) in [4.78, 5) is 22.8. The fourth-order valence-corrected chi connectivity index (χ4v) is 2.05. The lowest BCUT2D eigenvalue weighted by Crippen LogP contribution is -2.62. The van der Waals surface area contributed by atoms with Crippen LogP contribution in [0, 0.1) is 0 Å². The molecule has 7 heteroatoms. The van der Waals surface area contributed by atoms with Crippen LogP contribution in [0.15, 0.2) is 12.5 Å². The minimum absolute atomic E-state index is 0.0656. The molecule has 1 fully saturated rings. The van der Waals surface area contributed by atoms with E-state index < -0.39 is 29.7 Å². The molecular formula is C13H22FN2O4+. The van der Waals surface area contributed by atoms with E-state index in [0.717, 1.165) is 6.42 Å². The molecule has 1 saturated heterocycles. The Labute approximate surface area is 117 Å². The Balaban J connectivity index is 2.68. The number of carbonyl (C=O) groups excluding carboxylic acids is 1. The topological polar surface area (TPSA) is 75.6 Å². The van der Waals surface area contributed by atoms with Gasteiger partial charge in [0.05, 0.1) is 13.1 Å². The summed E-state index contributed by atoms with van der Waals surface area (Å²) >= 11 is 0. The molecule has 0 aromatic heterocycles. The van der Waals surface area contributed by atoms with Crippen LogP contribution < -0.4 is 5.32 Å². The first-order valence-electron chi connectivity index (χ1n) is 6.49. The predicted molar refractivity (Wildman–Crippen MR) is 70.5 cm³/mol. The van der Waals surface area contributed by atoms with Crippen molar-refractivity contribution in [3.05, 3.63) is 12.5 Å². The van der Waals surface area contributed by atoms with Crippen molar-refractivity contribution < 1.29 is 28.3 Å². The van der Waals surface area contributed by atoms with Crippen molar-refractivity contribution in [1.29, 1.82) is 0 Å². The fourth-order valence-electron chi connectivity index (χ4n) is 2.05. The number of nitrogens with zero attached hydrogens (tertiary/aromatic N) is 1. The number of quaternary nitrogens is 1. The van der Waals surface area contributed by atoms with E-state index in [1.807, 2.05) is 0 Å². The van der Waals surface area contributed by atoms with Crippen molar-refractivity contribution >= 4 is 12.1 Å². The van der Waals surface area contributed by atoms with Crippen LogP contribution in [0.2, 0.25) is 0 Å². The van der Waals surface area contributed by atoms with Crippen molar-refractivity contribution in [3.8, 4) is 0 Å². The number of hydrogen-bond donors (Lipinski definition) is 2. The largest absolute Gasteiger partial charge is 0.480 e. The lowest BCUT2D eigenvalue weighted by Gasteiger charge is -2.44. The van der Waals surface area contributed by atoms with Gasteiger partial charge < -0.3 is 15.2 Å². The number of rotatable bonds is 5. The van der Waals surface area contributed by atoms with Crippen LogP contribution in [0.5, 0.6) is 0 Å². The van der Waals surface area contributed by atoms with Crippen LogP contribution in [0.4, 0.5) is 9.18 Å². The number of carbonyl (C=O) groups is 2. The first-order valence-corrected chi connectivity index (χ1v) is 6.49. The SMILES string of the molecule is C=C(F)[N+]1(CC(NC(=O)OC(C)(C)C)C(=O)O)CCC1. The minimum Gasteiger partial charge on any atom is -0.480 e. The van der Waals surface area contributed by atoms with Crippen LogP contribution in [0.1, 0.15) is 27.2 Å². The molecule has 1 aliphatic rings. The summed E-state index contributed by atoms with van der Waals surface area (Å²) in [6.45, 7) is 9.22. The first kappa shape index (κ1) is 16.4. The quantitative estimate of drug-likeness (QED) is 0.596. The molecule has 1 amide bonds. The van der Waals surface area contributed by atoms with Crippen LogP contribution >= 0.6 is 0 Å². The molecule has 1 heterocycles. The number of ether oxygens (including phenoxy) is 1. The zero-order valence-corrected chi connectivity index (χ0v) is 12.1. The number of alkyl carbamates (subject to hydrolysis) is 1. The Bertz CT molecular complexity index is 413. The summed E-state index contributed by atoms with van der Waals surface area (Å²) in [6.07, 6.45) is -0.0186. The zero-order valence-electron chi connectivity index (χ0n) is 12.1. The maximum atomic E-state index is 13.5. The Kier molecular flexibility index (Phi) is 4.75. The monoisotopic (exact) mass is 289 g/mol. The summed E-state index contributed by atoms with van der Waals surface area (Å²) in [6, 6.07) is -1.21. The molecule has 1 rings (SSSR count). The standard InChI is InChI=1S/C13H21FN2O4/c1-9(14)16(6-5-7-16)8-10(11(17)18)15-12(19)20-13(2,3)4/h10H,1,5-8H2,2-4H3,(H-,15,17,18,19)/p+1. The van der Waals surface area contributed by atoms with Crippen molar-refractivity contribution in [2.45, 2.75) is 38.8 Å². The van der Waals surface area contributed by atoms with Crippen LogP contribution in [-0.2, 0) is 9.53 Å². The molecule has 0 bridgehead atoms. The van der Waals surface area contributed by atoms with Crippen molar-refractivity contribution in [3.63, 3.8) is 0 Å². The number of halogens is 1. The second kappa shape index (κ2) is 5.78. The number of amides is 1. The summed E-state index contributed by atoms with van der Waals surface area (Å²) < 4.78 is 18.4. The highest BCUT2D eigenvalue weighted by Gasteiger charge is 2.44. The summed E-state index contributed by atoms with van der Waals surface area (Å²) in [7, 11) is 0. The average molecular weight is 289 g/mol. The number of carboxylic acid groups (broad SMARTS) is 1. The van der Waals surface area contributed by atoms with Gasteiger partial charge in [0, 0.05) is 6.42 Å². The Hall–Kier alpha value is -1.63. The molecule has 1 atom stereocenters. The molecule has 0 aromatic carbocycles. The van der Waals surface area contributed by atoms with E-state index in [-0.39, 0.29) is 11.0 Å². The summed E-state index contributed by atoms with van der Waals surface area (Å²) in [5.74, 6) is -1.80. The third kappa shape index (κ3) is 4.19. The number of likely N-dealkylation sites (tertiary alicyclic amines) is 1. The molecule has 0 saturated carbocycles. The second-order valence-electron chi connectivity index (χ2n) is 6.04. The van der Waals surface area contributed by atoms with Crippen molar-refractivity contribution in [1.82, 2.24) is 5.32 Å². The van der Waals surface area contributed by atoms with E-state index in [1.165, 1.54) is 0 Å². The Morgan fingerprint density at radius 1 is 1.45 bits per heavy atom. The van der Waals surface area contributed by atoms with Gasteiger partial charge in [-0.1, -0.05) is 0 Å². The van der Waals surface area contributed by atoms with Gasteiger partial charge >= 0.3 is 12.1 Å². The summed E-state index contributed by atoms with van der Waals surface area (Å²) in [5, 5.41) is 11.4. The maximum Gasteiger partial charge on any atom is 0.408 e. The Morgan fingerprint density at radius 3 is 2.30 bits per heavy atom. The number of hydrogen-bond acceptors (Lipinski definition) is 3. The van der Waals surface area contributed by atoms with Gasteiger partial charge in [0.1, 0.15) is 12.1 Å². The van der Waals surface area contributed by atoms with E-state index in [0.29, 0.717) is 13.1 Å². The van der Waals surface area contributed by atoms with E-state index in [4.69, 9.17) is 9.84 Å². The van der Waals surface area contributed by atoms with Gasteiger partial charge in [0.2, 0.25) is 0 Å². The predicted octanol–water partition coefficient (Wildman–Crippen LogP) is 1.63. The van der Waals surface area contributed by atoms with Crippen molar-refractivity contribution in [2.75, 3.05) is 19.6 Å². The normalized spacial score (nSPS) is 18.6. The molecular weight excluding hydrogens is 267 g/mol. The number of nitrogens with one attached hydrogen (secondary N) is 1. The molecule has 0 aliphatic carbocycles. The van der Waals surface area contributed by atoms with Crippen molar-refractivity contribution in [2.24, 2.45) is 0 Å². The molecule has 114 valence electrons. The third-order valence-electron chi connectivity index (χ3n) is 3.21. The molecule has 6 nitrogen and oxygen atoms in total. The molecule has 0 spiro atoms. The lowest BCUT2D eigenvalue weighted by molar-refractivity contribution is -0.938. The average Bonchev–Trinajstić information content (AvgIpc) is 2.17. The fraction of sp³-hybridized carbons (Fsp3) is 0.692. The molecule has 0 aromatic rings. The smallest absolute Gasteiger partial charge is 0.408 e. The van der Waals surface area contributed by atoms with Gasteiger partial charge in [0.25, 0.3) is 5.95 Å². The zero-order chi connectivity index (χ0) is 15.6. The first-order chi connectivity index (χ1) is 9.06. The molecule has 1 unspecified atom stereocenters. The van der Waals surface area contributed by atoms with Gasteiger partial charge in [-0.15, -0.1) is 4.39 Å². The van der Waals surface area contributed by atoms with Gasteiger partial charge in [0.15, 0.2) is 6.04 Å². The van der Waals surface area contributed by atoms with E-state index in [1.54, 1.807) is 20.8 Å². The van der Waals surface area contributed by atoms with Gasteiger partial charge in [-0.2, -0.15) is 0 Å². The third-order valence-corrected chi connectivity index (χ3v) is 3.21. The maximum absolute atomic E-state index is 13.5. The summed E-state index contributed by atoms with van der Waals surface area (Å²) in [5.41, 5.74) is -0.722.